The van der Waals surface area contributed by atoms with Crippen LogP contribution in [0.15, 0.2) is 166 Å². The number of nitro benzene ring substituents is 4. The van der Waals surface area contributed by atoms with Gasteiger partial charge >= 0.3 is 18.8 Å². The number of fused-ring (bicyclic) bond motifs is 2. The minimum atomic E-state index is -1.21. The van der Waals surface area contributed by atoms with E-state index in [-0.39, 0.29) is 41.3 Å². The fourth-order valence-corrected chi connectivity index (χ4v) is 6.60. The molecule has 8 aromatic rings. The maximum absolute atomic E-state index is 13.2. The molecular formula is C46H27CrN10O14. The van der Waals surface area contributed by atoms with Gasteiger partial charge in [-0.3, -0.25) is 50.0 Å². The summed E-state index contributed by atoms with van der Waals surface area (Å²) in [6, 6.07) is 35.0. The number of carbonyl (C=O) groups is 2. The van der Waals surface area contributed by atoms with E-state index in [0.29, 0.717) is 45.1 Å². The molecule has 0 aliphatic rings. The largest absolute Gasteiger partial charge is 3.00 e. The minimum absolute atomic E-state index is 0. The summed E-state index contributed by atoms with van der Waals surface area (Å²) in [4.78, 5) is 66.2. The van der Waals surface area contributed by atoms with Gasteiger partial charge in [-0.25, -0.2) is 0 Å². The fraction of sp³-hybridized carbons (Fsp3) is 0. The molecule has 0 aromatic heterocycles. The van der Waals surface area contributed by atoms with Crippen LogP contribution in [0.25, 0.3) is 21.5 Å². The van der Waals surface area contributed by atoms with Gasteiger partial charge in [0.05, 0.1) is 54.6 Å². The van der Waals surface area contributed by atoms with Gasteiger partial charge in [0.15, 0.2) is 0 Å². The first-order chi connectivity index (χ1) is 33.5. The summed E-state index contributed by atoms with van der Waals surface area (Å²) in [5.41, 5.74) is -5.23. The Balaban J connectivity index is 0.000000260. The van der Waals surface area contributed by atoms with Crippen molar-refractivity contribution >= 4 is 90.2 Å². The van der Waals surface area contributed by atoms with Gasteiger partial charge in [0.25, 0.3) is 34.6 Å². The van der Waals surface area contributed by atoms with Crippen molar-refractivity contribution in [3.63, 3.8) is 0 Å². The number of nitro groups is 4. The first-order valence-corrected chi connectivity index (χ1v) is 19.8. The smallest absolute Gasteiger partial charge is 0.870 e. The van der Waals surface area contributed by atoms with Crippen molar-refractivity contribution in [2.45, 2.75) is 0 Å². The Morgan fingerprint density at radius 3 is 1.10 bits per heavy atom. The molecule has 8 rings (SSSR count). The number of nitrogens with one attached hydrogen (secondary N) is 2. The zero-order chi connectivity index (χ0) is 50.2. The molecule has 351 valence electrons. The van der Waals surface area contributed by atoms with Gasteiger partial charge in [0, 0.05) is 56.9 Å². The van der Waals surface area contributed by atoms with E-state index in [2.05, 4.69) is 31.1 Å². The second-order valence-corrected chi connectivity index (χ2v) is 14.3. The standard InChI is InChI=1S/2C23H15N5O7.Cr/c2*29-21-17(23(31)24-14-7-2-1-3-8-14)10-13-6-4-5-9-16(13)20(21)26-25-18-11-15(27(32)33)12-19(22(18)30)28(34)35;/h2*1-12,29-30H,(H,24,31);/q;;+3/p-3. The van der Waals surface area contributed by atoms with Crippen molar-refractivity contribution in [2.24, 2.45) is 20.5 Å². The number of para-hydroxylation sites is 2. The molecule has 0 spiro atoms. The van der Waals surface area contributed by atoms with E-state index in [1.807, 2.05) is 0 Å². The molecule has 0 atom stereocenters. The molecule has 0 bridgehead atoms. The van der Waals surface area contributed by atoms with Crippen molar-refractivity contribution in [2.75, 3.05) is 10.6 Å². The Hall–Kier alpha value is -10.2. The molecule has 24 nitrogen and oxygen atoms in total. The summed E-state index contributed by atoms with van der Waals surface area (Å²) >= 11 is 0. The summed E-state index contributed by atoms with van der Waals surface area (Å²) in [7, 11) is 0. The van der Waals surface area contributed by atoms with E-state index in [0.717, 1.165) is 12.1 Å². The normalized spacial score (nSPS) is 10.8. The molecule has 71 heavy (non-hydrogen) atoms. The van der Waals surface area contributed by atoms with E-state index in [4.69, 9.17) is 0 Å². The van der Waals surface area contributed by atoms with Crippen LogP contribution in [0.3, 0.4) is 0 Å². The van der Waals surface area contributed by atoms with E-state index >= 15 is 0 Å². The van der Waals surface area contributed by atoms with Gasteiger partial charge in [-0.1, -0.05) is 96.4 Å². The Bertz CT molecular complexity index is 3290. The molecule has 25 heteroatoms. The molecule has 0 aliphatic carbocycles. The zero-order valence-electron chi connectivity index (χ0n) is 36.6. The summed E-state index contributed by atoms with van der Waals surface area (Å²) in [5, 5.41) is 117. The number of nitrogens with zero attached hydrogens (tertiary/aromatic N) is 8. The number of azo groups is 2. The fourth-order valence-electron chi connectivity index (χ4n) is 6.60. The zero-order valence-corrected chi connectivity index (χ0v) is 36.8. The summed E-state index contributed by atoms with van der Waals surface area (Å²) < 4.78 is 0. The number of hydrogen-bond donors (Lipinski definition) is 2. The van der Waals surface area contributed by atoms with Gasteiger partial charge in [0.1, 0.15) is 0 Å². The number of hydrogen-bond acceptors (Lipinski definition) is 18. The first-order valence-electron chi connectivity index (χ1n) is 19.8. The number of benzene rings is 8. The maximum Gasteiger partial charge on any atom is 3.00 e. The second kappa shape index (κ2) is 21.6. The monoisotopic (exact) mass is 995 g/mol. The Labute approximate surface area is 408 Å². The minimum Gasteiger partial charge on any atom is -0.870 e. The molecule has 0 fully saturated rings. The van der Waals surface area contributed by atoms with Crippen LogP contribution in [-0.4, -0.2) is 31.5 Å². The van der Waals surface area contributed by atoms with Crippen LogP contribution in [0, 0.1) is 40.5 Å². The summed E-state index contributed by atoms with van der Waals surface area (Å²) in [6.45, 7) is 0. The van der Waals surface area contributed by atoms with Crippen LogP contribution in [0.5, 0.6) is 23.0 Å². The SMILES string of the molecule is O=C(Nc1ccccc1)c1cc2ccccc2c(N=Nc2cc([N+](=O)[O-])cc([N+](=O)[O-])c2[O-])c1[O-].O=C(Nc1ccccc1)c1cc2ccccc2c(N=Nc2cc([N+](=O)[O-])cc([N+](=O)[O-])c2[O-])c1[O-].[Cr+3].[H+]. The van der Waals surface area contributed by atoms with E-state index < -0.39 is 88.6 Å². The van der Waals surface area contributed by atoms with Gasteiger partial charge in [-0.2, -0.15) is 20.5 Å². The van der Waals surface area contributed by atoms with Crippen LogP contribution >= 0.6 is 0 Å². The average Bonchev–Trinajstić information content (AvgIpc) is 3.34. The van der Waals surface area contributed by atoms with E-state index in [1.54, 1.807) is 97.1 Å². The molecular weight excluding hydrogens is 969 g/mol. The quantitative estimate of drug-likeness (QED) is 0.0655. The number of rotatable bonds is 12. The van der Waals surface area contributed by atoms with Crippen LogP contribution in [0.4, 0.5) is 56.9 Å². The van der Waals surface area contributed by atoms with Gasteiger partial charge in [0.2, 0.25) is 0 Å². The third kappa shape index (κ3) is 11.1. The third-order valence-electron chi connectivity index (χ3n) is 9.90. The predicted octanol–water partition coefficient (Wildman–Crippen LogP) is 9.05. The molecule has 0 saturated carbocycles. The molecule has 0 unspecified atom stereocenters. The summed E-state index contributed by atoms with van der Waals surface area (Å²) in [6.07, 6.45) is 0. The Morgan fingerprint density at radius 2 is 0.761 bits per heavy atom. The number of amides is 2. The summed E-state index contributed by atoms with van der Waals surface area (Å²) in [5.74, 6) is -5.46. The Morgan fingerprint density at radius 1 is 0.423 bits per heavy atom. The van der Waals surface area contributed by atoms with Crippen molar-refractivity contribution in [3.8, 4) is 23.0 Å². The van der Waals surface area contributed by atoms with Crippen molar-refractivity contribution in [1.82, 2.24) is 0 Å². The number of non-ortho nitro benzene ring substituents is 2. The van der Waals surface area contributed by atoms with E-state index in [9.17, 15) is 70.5 Å². The van der Waals surface area contributed by atoms with Crippen LogP contribution in [-0.2, 0) is 17.4 Å². The molecule has 2 N–H and O–H groups in total. The van der Waals surface area contributed by atoms with Gasteiger partial charge in [-0.05, 0) is 47.2 Å². The number of carbonyl (C=O) groups excluding carboxylic acids is 2. The van der Waals surface area contributed by atoms with Gasteiger partial charge < -0.3 is 31.1 Å². The average molecular weight is 996 g/mol. The first kappa shape index (κ1) is 50.2. The van der Waals surface area contributed by atoms with Crippen LogP contribution < -0.4 is 31.1 Å². The molecule has 2 amide bonds. The molecule has 1 radical (unpaired) electrons. The van der Waals surface area contributed by atoms with Crippen LogP contribution in [0.2, 0.25) is 0 Å². The third-order valence-corrected chi connectivity index (χ3v) is 9.90. The van der Waals surface area contributed by atoms with Crippen molar-refractivity contribution in [1.29, 1.82) is 0 Å². The molecule has 0 aliphatic heterocycles. The molecule has 8 aromatic carbocycles. The maximum atomic E-state index is 13.2. The van der Waals surface area contributed by atoms with Crippen molar-refractivity contribution in [3.05, 3.63) is 197 Å². The van der Waals surface area contributed by atoms with Crippen molar-refractivity contribution < 1.29 is 68.5 Å². The Kier molecular flexibility index (Phi) is 15.3. The second-order valence-electron chi connectivity index (χ2n) is 14.3. The predicted molar refractivity (Wildman–Crippen MR) is 243 cm³/mol. The molecule has 0 heterocycles. The molecule has 0 saturated heterocycles. The number of anilines is 2. The van der Waals surface area contributed by atoms with Crippen LogP contribution in [0.1, 0.15) is 22.1 Å². The topological polar surface area (TPSA) is 372 Å². The van der Waals surface area contributed by atoms with E-state index in [1.165, 1.54) is 24.3 Å². The van der Waals surface area contributed by atoms with Gasteiger partial charge in [-0.15, -0.1) is 0 Å².